The molecular formula is C13H19IN2. The van der Waals surface area contributed by atoms with Gasteiger partial charge in [0, 0.05) is 34.4 Å². The summed E-state index contributed by atoms with van der Waals surface area (Å²) in [5.41, 5.74) is 1.25. The van der Waals surface area contributed by atoms with E-state index in [1.165, 1.54) is 28.8 Å². The summed E-state index contributed by atoms with van der Waals surface area (Å²) in [6.07, 6.45) is 1.25. The van der Waals surface area contributed by atoms with Crippen LogP contribution in [-0.4, -0.2) is 30.1 Å². The van der Waals surface area contributed by atoms with Crippen LogP contribution in [0.4, 0.5) is 5.69 Å². The van der Waals surface area contributed by atoms with E-state index in [1.807, 2.05) is 0 Å². The van der Waals surface area contributed by atoms with Crippen LogP contribution in [0.15, 0.2) is 24.3 Å². The molecule has 0 aliphatic carbocycles. The molecular weight excluding hydrogens is 311 g/mol. The fraction of sp³-hybridized carbons (Fsp3) is 0.538. The van der Waals surface area contributed by atoms with Crippen molar-refractivity contribution in [3.63, 3.8) is 0 Å². The first-order valence-corrected chi connectivity index (χ1v) is 6.99. The van der Waals surface area contributed by atoms with E-state index in [2.05, 4.69) is 70.9 Å². The molecule has 0 bridgehead atoms. The smallest absolute Gasteiger partial charge is 0.0400 e. The molecule has 1 aromatic carbocycles. The van der Waals surface area contributed by atoms with Gasteiger partial charge in [0.05, 0.1) is 0 Å². The van der Waals surface area contributed by atoms with E-state index in [1.54, 1.807) is 0 Å². The Morgan fingerprint density at radius 2 is 2.00 bits per heavy atom. The third-order valence-corrected chi connectivity index (χ3v) is 3.88. The summed E-state index contributed by atoms with van der Waals surface area (Å²) in [6.45, 7) is 6.93. The van der Waals surface area contributed by atoms with Crippen molar-refractivity contribution in [3.8, 4) is 0 Å². The molecule has 1 heterocycles. The summed E-state index contributed by atoms with van der Waals surface area (Å²) < 4.78 is 1.29. The molecule has 3 heteroatoms. The maximum Gasteiger partial charge on any atom is 0.0400 e. The highest BCUT2D eigenvalue weighted by Crippen LogP contribution is 2.18. The predicted molar refractivity (Wildman–Crippen MR) is 77.9 cm³/mol. The summed E-state index contributed by atoms with van der Waals surface area (Å²) in [6, 6.07) is 9.92. The topological polar surface area (TPSA) is 15.3 Å². The van der Waals surface area contributed by atoms with Crippen molar-refractivity contribution in [2.45, 2.75) is 32.4 Å². The van der Waals surface area contributed by atoms with Crippen LogP contribution in [-0.2, 0) is 0 Å². The lowest BCUT2D eigenvalue weighted by Gasteiger charge is -2.20. The van der Waals surface area contributed by atoms with E-state index < -0.39 is 0 Å². The molecule has 1 saturated heterocycles. The van der Waals surface area contributed by atoms with Crippen LogP contribution in [0, 0.1) is 3.57 Å². The van der Waals surface area contributed by atoms with Gasteiger partial charge in [-0.3, -0.25) is 4.90 Å². The van der Waals surface area contributed by atoms with Gasteiger partial charge in [-0.1, -0.05) is 0 Å². The highest BCUT2D eigenvalue weighted by molar-refractivity contribution is 14.1. The van der Waals surface area contributed by atoms with Gasteiger partial charge in [0.15, 0.2) is 0 Å². The van der Waals surface area contributed by atoms with Gasteiger partial charge in [-0.05, 0) is 67.1 Å². The standard InChI is InChI=1S/C13H19IN2/c1-10(2)16-8-7-13(9-16)15-12-5-3-11(14)4-6-12/h3-6,10,13,15H,7-9H2,1-2H3. The van der Waals surface area contributed by atoms with Crippen molar-refractivity contribution < 1.29 is 0 Å². The van der Waals surface area contributed by atoms with Crippen molar-refractivity contribution >= 4 is 28.3 Å². The Morgan fingerprint density at radius 1 is 1.31 bits per heavy atom. The molecule has 1 fully saturated rings. The zero-order chi connectivity index (χ0) is 11.5. The van der Waals surface area contributed by atoms with E-state index >= 15 is 0 Å². The van der Waals surface area contributed by atoms with E-state index in [0.29, 0.717) is 12.1 Å². The van der Waals surface area contributed by atoms with Crippen LogP contribution < -0.4 is 5.32 Å². The van der Waals surface area contributed by atoms with E-state index in [-0.39, 0.29) is 0 Å². The fourth-order valence-electron chi connectivity index (χ4n) is 2.16. The Labute approximate surface area is 112 Å². The second-order valence-corrected chi connectivity index (χ2v) is 5.97. The van der Waals surface area contributed by atoms with E-state index in [4.69, 9.17) is 0 Å². The first kappa shape index (κ1) is 12.2. The number of benzene rings is 1. The van der Waals surface area contributed by atoms with Crippen LogP contribution >= 0.6 is 22.6 Å². The molecule has 1 aliphatic heterocycles. The molecule has 1 atom stereocenters. The molecule has 2 nitrogen and oxygen atoms in total. The summed E-state index contributed by atoms with van der Waals surface area (Å²) in [4.78, 5) is 2.53. The average Bonchev–Trinajstić information content (AvgIpc) is 2.70. The first-order valence-electron chi connectivity index (χ1n) is 5.91. The third-order valence-electron chi connectivity index (χ3n) is 3.16. The van der Waals surface area contributed by atoms with Gasteiger partial charge in [0.25, 0.3) is 0 Å². The van der Waals surface area contributed by atoms with Crippen molar-refractivity contribution in [1.82, 2.24) is 4.90 Å². The van der Waals surface area contributed by atoms with Crippen LogP contribution in [0.3, 0.4) is 0 Å². The lowest BCUT2D eigenvalue weighted by atomic mass is 10.2. The monoisotopic (exact) mass is 330 g/mol. The molecule has 0 radical (unpaired) electrons. The second-order valence-electron chi connectivity index (χ2n) is 4.73. The summed E-state index contributed by atoms with van der Waals surface area (Å²) in [5.74, 6) is 0. The molecule has 88 valence electrons. The number of nitrogens with zero attached hydrogens (tertiary/aromatic N) is 1. The Kier molecular flexibility index (Phi) is 4.08. The zero-order valence-electron chi connectivity index (χ0n) is 9.91. The Balaban J connectivity index is 1.89. The summed E-state index contributed by atoms with van der Waals surface area (Å²) in [7, 11) is 0. The molecule has 0 aromatic heterocycles. The van der Waals surface area contributed by atoms with Gasteiger partial charge in [-0.2, -0.15) is 0 Å². The average molecular weight is 330 g/mol. The number of halogens is 1. The normalized spacial score (nSPS) is 21.6. The number of likely N-dealkylation sites (tertiary alicyclic amines) is 1. The van der Waals surface area contributed by atoms with E-state index in [9.17, 15) is 0 Å². The van der Waals surface area contributed by atoms with Crippen LogP contribution in [0.25, 0.3) is 0 Å². The molecule has 1 aromatic rings. The van der Waals surface area contributed by atoms with Gasteiger partial charge < -0.3 is 5.32 Å². The largest absolute Gasteiger partial charge is 0.381 e. The van der Waals surface area contributed by atoms with Gasteiger partial charge in [-0.25, -0.2) is 0 Å². The Bertz CT molecular complexity index is 334. The molecule has 1 aliphatic rings. The lowest BCUT2D eigenvalue weighted by molar-refractivity contribution is 0.274. The zero-order valence-corrected chi connectivity index (χ0v) is 12.1. The molecule has 2 rings (SSSR count). The first-order chi connectivity index (χ1) is 7.65. The molecule has 16 heavy (non-hydrogen) atoms. The number of rotatable bonds is 3. The van der Waals surface area contributed by atoms with Crippen molar-refractivity contribution in [3.05, 3.63) is 27.8 Å². The van der Waals surface area contributed by atoms with Crippen molar-refractivity contribution in [2.75, 3.05) is 18.4 Å². The SMILES string of the molecule is CC(C)N1CCC(Nc2ccc(I)cc2)C1. The Hall–Kier alpha value is -0.290. The molecule has 1 unspecified atom stereocenters. The third kappa shape index (κ3) is 3.10. The molecule has 0 amide bonds. The van der Waals surface area contributed by atoms with Gasteiger partial charge in [0.1, 0.15) is 0 Å². The fourth-order valence-corrected chi connectivity index (χ4v) is 2.52. The predicted octanol–water partition coefficient (Wildman–Crippen LogP) is 3.19. The quantitative estimate of drug-likeness (QED) is 0.857. The number of nitrogens with one attached hydrogen (secondary N) is 1. The number of anilines is 1. The number of hydrogen-bond acceptors (Lipinski definition) is 2. The van der Waals surface area contributed by atoms with Gasteiger partial charge in [0.2, 0.25) is 0 Å². The maximum atomic E-state index is 3.61. The van der Waals surface area contributed by atoms with E-state index in [0.717, 1.165) is 0 Å². The van der Waals surface area contributed by atoms with Crippen LogP contribution in [0.5, 0.6) is 0 Å². The van der Waals surface area contributed by atoms with Gasteiger partial charge in [-0.15, -0.1) is 0 Å². The molecule has 1 N–H and O–H groups in total. The number of hydrogen-bond donors (Lipinski definition) is 1. The van der Waals surface area contributed by atoms with Crippen LogP contribution in [0.1, 0.15) is 20.3 Å². The van der Waals surface area contributed by atoms with Crippen molar-refractivity contribution in [1.29, 1.82) is 0 Å². The highest BCUT2D eigenvalue weighted by Gasteiger charge is 2.23. The highest BCUT2D eigenvalue weighted by atomic mass is 127. The lowest BCUT2D eigenvalue weighted by Crippen LogP contribution is -2.31. The molecule has 0 saturated carbocycles. The summed E-state index contributed by atoms with van der Waals surface area (Å²) in [5, 5.41) is 3.61. The maximum absolute atomic E-state index is 3.61. The molecule has 0 spiro atoms. The van der Waals surface area contributed by atoms with Crippen molar-refractivity contribution in [2.24, 2.45) is 0 Å². The van der Waals surface area contributed by atoms with Gasteiger partial charge >= 0.3 is 0 Å². The minimum Gasteiger partial charge on any atom is -0.381 e. The minimum absolute atomic E-state index is 0.613. The Morgan fingerprint density at radius 3 is 2.56 bits per heavy atom. The second kappa shape index (κ2) is 5.36. The minimum atomic E-state index is 0.613. The van der Waals surface area contributed by atoms with Crippen LogP contribution in [0.2, 0.25) is 0 Å². The summed E-state index contributed by atoms with van der Waals surface area (Å²) >= 11 is 2.34.